The van der Waals surface area contributed by atoms with Crippen molar-refractivity contribution >= 4 is 16.9 Å². The number of carboxylic acids is 1. The maximum Gasteiger partial charge on any atom is 0.341 e. The van der Waals surface area contributed by atoms with E-state index in [0.717, 1.165) is 17.4 Å². The molecule has 2 heterocycles. The number of benzene rings is 1. The van der Waals surface area contributed by atoms with E-state index in [-0.39, 0.29) is 5.56 Å². The van der Waals surface area contributed by atoms with E-state index >= 15 is 0 Å². The summed E-state index contributed by atoms with van der Waals surface area (Å²) in [5.41, 5.74) is 0.650. The zero-order chi connectivity index (χ0) is 16.8. The summed E-state index contributed by atoms with van der Waals surface area (Å²) in [4.78, 5) is 24.1. The van der Waals surface area contributed by atoms with E-state index in [1.807, 2.05) is 28.9 Å². The summed E-state index contributed by atoms with van der Waals surface area (Å²) in [6.45, 7) is 2.45. The van der Waals surface area contributed by atoms with Gasteiger partial charge < -0.3 is 5.11 Å². The molecule has 1 aliphatic rings. The molecule has 6 heteroatoms. The van der Waals surface area contributed by atoms with Crippen molar-refractivity contribution in [1.82, 2.24) is 14.3 Å². The van der Waals surface area contributed by atoms with Crippen LogP contribution < -0.4 is 5.56 Å². The second kappa shape index (κ2) is 5.33. The first-order valence-electron chi connectivity index (χ1n) is 7.97. The second-order valence-corrected chi connectivity index (χ2v) is 6.32. The Kier molecular flexibility index (Phi) is 3.26. The molecule has 1 fully saturated rings. The fraction of sp³-hybridized carbons (Fsp3) is 0.278. The van der Waals surface area contributed by atoms with E-state index in [9.17, 15) is 14.7 Å². The predicted octanol–water partition coefficient (Wildman–Crippen LogP) is 2.60. The van der Waals surface area contributed by atoms with Crippen LogP contribution in [0.15, 0.2) is 41.3 Å². The normalized spacial score (nSPS) is 14.2. The van der Waals surface area contributed by atoms with Crippen molar-refractivity contribution in [3.8, 4) is 5.82 Å². The molecule has 0 unspecified atom stereocenters. The Bertz CT molecular complexity index is 1010. The smallest absolute Gasteiger partial charge is 0.341 e. The highest BCUT2D eigenvalue weighted by Crippen LogP contribution is 2.32. The van der Waals surface area contributed by atoms with Crippen LogP contribution in [0, 0.1) is 12.8 Å². The first-order chi connectivity index (χ1) is 11.6. The Morgan fingerprint density at radius 2 is 2.04 bits per heavy atom. The third kappa shape index (κ3) is 2.31. The molecular weight excluding hydrogens is 306 g/mol. The van der Waals surface area contributed by atoms with Gasteiger partial charge in [0.25, 0.3) is 5.56 Å². The van der Waals surface area contributed by atoms with Crippen molar-refractivity contribution in [2.75, 3.05) is 0 Å². The first kappa shape index (κ1) is 14.7. The lowest BCUT2D eigenvalue weighted by molar-refractivity contribution is 0.0693. The molecule has 1 N–H and O–H groups in total. The van der Waals surface area contributed by atoms with Gasteiger partial charge in [-0.2, -0.15) is 5.10 Å². The maximum atomic E-state index is 12.7. The molecule has 3 aromatic rings. The maximum absolute atomic E-state index is 12.7. The monoisotopic (exact) mass is 323 g/mol. The summed E-state index contributed by atoms with van der Waals surface area (Å²) < 4.78 is 3.26. The Balaban J connectivity index is 1.95. The highest BCUT2D eigenvalue weighted by atomic mass is 16.4. The van der Waals surface area contributed by atoms with Crippen LogP contribution in [0.4, 0.5) is 0 Å². The van der Waals surface area contributed by atoms with E-state index in [1.165, 1.54) is 17.4 Å². The van der Waals surface area contributed by atoms with E-state index in [2.05, 4.69) is 5.10 Å². The summed E-state index contributed by atoms with van der Waals surface area (Å²) in [7, 11) is 0. The van der Waals surface area contributed by atoms with Gasteiger partial charge in [-0.15, -0.1) is 0 Å². The number of hydrogen-bond donors (Lipinski definition) is 1. The molecule has 1 saturated carbocycles. The van der Waals surface area contributed by atoms with Gasteiger partial charge in [-0.05, 0) is 49.4 Å². The van der Waals surface area contributed by atoms with Crippen LogP contribution in [0.1, 0.15) is 28.8 Å². The van der Waals surface area contributed by atoms with Crippen LogP contribution in [0.5, 0.6) is 0 Å². The van der Waals surface area contributed by atoms with Gasteiger partial charge in [-0.1, -0.05) is 12.1 Å². The topological polar surface area (TPSA) is 77.1 Å². The Hall–Kier alpha value is -2.89. The molecule has 0 aliphatic heterocycles. The van der Waals surface area contributed by atoms with Gasteiger partial charge in [0, 0.05) is 18.1 Å². The van der Waals surface area contributed by atoms with Gasteiger partial charge in [-0.3, -0.25) is 14.0 Å². The number of pyridine rings is 1. The largest absolute Gasteiger partial charge is 0.477 e. The standard InChI is InChI=1S/C18H17N3O3/c1-11-8-9-20(17(22)15(11)18(23)24)16-13-4-2-3-5-14(13)21(19-16)10-12-6-7-12/h2-5,8-9,12H,6-7,10H2,1H3,(H,23,24). The van der Waals surface area contributed by atoms with Crippen molar-refractivity contribution in [3.05, 3.63) is 58.0 Å². The number of nitrogens with zero attached hydrogens (tertiary/aromatic N) is 3. The molecule has 0 radical (unpaired) electrons. The summed E-state index contributed by atoms with van der Waals surface area (Å²) >= 11 is 0. The molecule has 2 aromatic heterocycles. The van der Waals surface area contributed by atoms with Crippen molar-refractivity contribution in [2.24, 2.45) is 5.92 Å². The summed E-state index contributed by atoms with van der Waals surface area (Å²) in [5.74, 6) is -0.0854. The number of aryl methyl sites for hydroxylation is 1. The number of para-hydroxylation sites is 1. The van der Waals surface area contributed by atoms with Gasteiger partial charge >= 0.3 is 5.97 Å². The highest BCUT2D eigenvalue weighted by Gasteiger charge is 2.24. The zero-order valence-electron chi connectivity index (χ0n) is 13.3. The summed E-state index contributed by atoms with van der Waals surface area (Å²) in [6, 6.07) is 9.36. The summed E-state index contributed by atoms with van der Waals surface area (Å²) in [6.07, 6.45) is 4.01. The van der Waals surface area contributed by atoms with Crippen LogP contribution >= 0.6 is 0 Å². The molecule has 122 valence electrons. The fourth-order valence-electron chi connectivity index (χ4n) is 3.03. The van der Waals surface area contributed by atoms with Crippen LogP contribution in [-0.4, -0.2) is 25.4 Å². The molecular formula is C18H17N3O3. The van der Waals surface area contributed by atoms with Gasteiger partial charge in [0.05, 0.1) is 5.52 Å². The number of carboxylic acid groups (broad SMARTS) is 1. The Morgan fingerprint density at radius 1 is 1.29 bits per heavy atom. The molecule has 0 spiro atoms. The predicted molar refractivity (Wildman–Crippen MR) is 89.8 cm³/mol. The van der Waals surface area contributed by atoms with E-state index in [0.29, 0.717) is 17.3 Å². The van der Waals surface area contributed by atoms with Gasteiger partial charge in [-0.25, -0.2) is 4.79 Å². The van der Waals surface area contributed by atoms with Crippen molar-refractivity contribution < 1.29 is 9.90 Å². The zero-order valence-corrected chi connectivity index (χ0v) is 13.3. The minimum atomic E-state index is -1.21. The minimum Gasteiger partial charge on any atom is -0.477 e. The molecule has 1 aromatic carbocycles. The Morgan fingerprint density at radius 3 is 2.75 bits per heavy atom. The average Bonchev–Trinajstić information content (AvgIpc) is 3.29. The minimum absolute atomic E-state index is 0.210. The molecule has 6 nitrogen and oxygen atoms in total. The van der Waals surface area contributed by atoms with E-state index in [1.54, 1.807) is 19.2 Å². The number of carbonyl (C=O) groups is 1. The van der Waals surface area contributed by atoms with Gasteiger partial charge in [0.15, 0.2) is 5.82 Å². The second-order valence-electron chi connectivity index (χ2n) is 6.32. The van der Waals surface area contributed by atoms with Crippen molar-refractivity contribution in [2.45, 2.75) is 26.3 Å². The number of hydrogen-bond acceptors (Lipinski definition) is 3. The molecule has 24 heavy (non-hydrogen) atoms. The van der Waals surface area contributed by atoms with Crippen molar-refractivity contribution in [1.29, 1.82) is 0 Å². The van der Waals surface area contributed by atoms with E-state index in [4.69, 9.17) is 0 Å². The molecule has 1 aliphatic carbocycles. The molecule has 4 rings (SSSR count). The van der Waals surface area contributed by atoms with Gasteiger partial charge in [0.2, 0.25) is 0 Å². The van der Waals surface area contributed by atoms with Gasteiger partial charge in [0.1, 0.15) is 5.56 Å². The molecule has 0 bridgehead atoms. The molecule has 0 saturated heterocycles. The number of fused-ring (bicyclic) bond motifs is 1. The summed E-state index contributed by atoms with van der Waals surface area (Å²) in [5, 5.41) is 14.8. The van der Waals surface area contributed by atoms with Crippen LogP contribution in [0.3, 0.4) is 0 Å². The number of rotatable bonds is 4. The van der Waals surface area contributed by atoms with E-state index < -0.39 is 11.5 Å². The third-order valence-electron chi connectivity index (χ3n) is 4.51. The molecule has 0 atom stereocenters. The Labute approximate surface area is 138 Å². The van der Waals surface area contributed by atoms with Crippen LogP contribution in [0.25, 0.3) is 16.7 Å². The third-order valence-corrected chi connectivity index (χ3v) is 4.51. The average molecular weight is 323 g/mol. The fourth-order valence-corrected chi connectivity index (χ4v) is 3.03. The lowest BCUT2D eigenvalue weighted by atomic mass is 10.1. The number of aromatic nitrogens is 3. The van der Waals surface area contributed by atoms with Crippen molar-refractivity contribution in [3.63, 3.8) is 0 Å². The molecule has 0 amide bonds. The van der Waals surface area contributed by atoms with Crippen LogP contribution in [0.2, 0.25) is 0 Å². The lowest BCUT2D eigenvalue weighted by Crippen LogP contribution is -2.26. The van der Waals surface area contributed by atoms with Crippen LogP contribution in [-0.2, 0) is 6.54 Å². The first-order valence-corrected chi connectivity index (χ1v) is 7.97. The lowest BCUT2D eigenvalue weighted by Gasteiger charge is -2.06. The highest BCUT2D eigenvalue weighted by molar-refractivity contribution is 5.90. The number of aromatic carboxylic acids is 1. The SMILES string of the molecule is Cc1ccn(-c2nn(CC3CC3)c3ccccc23)c(=O)c1C(=O)O. The quantitative estimate of drug-likeness (QED) is 0.800.